The van der Waals surface area contributed by atoms with Crippen LogP contribution in [0.3, 0.4) is 0 Å². The van der Waals surface area contributed by atoms with Crippen LogP contribution in [0.4, 0.5) is 4.79 Å². The van der Waals surface area contributed by atoms with Crippen LogP contribution in [0.1, 0.15) is 39.5 Å². The van der Waals surface area contributed by atoms with Crippen LogP contribution < -0.4 is 5.32 Å². The van der Waals surface area contributed by atoms with E-state index >= 15 is 0 Å². The van der Waals surface area contributed by atoms with E-state index in [1.165, 1.54) is 4.90 Å². The molecule has 0 aromatic heterocycles. The number of hydrogen-bond acceptors (Lipinski definition) is 7. The van der Waals surface area contributed by atoms with Crippen molar-refractivity contribution in [3.63, 3.8) is 0 Å². The lowest BCUT2D eigenvalue weighted by molar-refractivity contribution is -0.148. The molecule has 1 amide bonds. The van der Waals surface area contributed by atoms with Gasteiger partial charge in [0.05, 0.1) is 13.2 Å². The molecule has 2 aliphatic rings. The molecule has 1 atom stereocenters. The smallest absolute Gasteiger partial charge is 0.410 e. The van der Waals surface area contributed by atoms with Crippen LogP contribution in [-0.4, -0.2) is 84.5 Å². The first-order valence-corrected chi connectivity index (χ1v) is 10.2. The van der Waals surface area contributed by atoms with Gasteiger partial charge in [0, 0.05) is 32.1 Å². The highest BCUT2D eigenvalue weighted by atomic mass is 32.1. The van der Waals surface area contributed by atoms with E-state index in [9.17, 15) is 14.4 Å². The van der Waals surface area contributed by atoms with Crippen LogP contribution in [-0.2, 0) is 23.8 Å². The Kier molecular flexibility index (Phi) is 8.75. The Morgan fingerprint density at radius 3 is 2.54 bits per heavy atom. The van der Waals surface area contributed by atoms with Crippen LogP contribution in [0, 0.1) is 0 Å². The molecule has 2 fully saturated rings. The van der Waals surface area contributed by atoms with Gasteiger partial charge >= 0.3 is 18.0 Å². The quantitative estimate of drug-likeness (QED) is 0.270. The summed E-state index contributed by atoms with van der Waals surface area (Å²) >= 11 is 5.42. The molecule has 10 heteroatoms. The molecule has 0 bridgehead atoms. The van der Waals surface area contributed by atoms with Crippen molar-refractivity contribution in [2.45, 2.75) is 51.6 Å². The predicted octanol–water partition coefficient (Wildman–Crippen LogP) is 1.05. The second kappa shape index (κ2) is 11.0. The molecule has 2 saturated heterocycles. The van der Waals surface area contributed by atoms with Crippen molar-refractivity contribution in [2.24, 2.45) is 0 Å². The molecule has 0 radical (unpaired) electrons. The number of amides is 1. The van der Waals surface area contributed by atoms with Crippen molar-refractivity contribution < 1.29 is 28.6 Å². The first-order valence-electron chi connectivity index (χ1n) is 9.78. The lowest BCUT2D eigenvalue weighted by Crippen LogP contribution is -2.53. The summed E-state index contributed by atoms with van der Waals surface area (Å²) < 4.78 is 15.0. The third-order valence-corrected chi connectivity index (χ3v) is 5.16. The van der Waals surface area contributed by atoms with Gasteiger partial charge in [0.2, 0.25) is 0 Å². The maximum absolute atomic E-state index is 12.1. The fraction of sp³-hybridized carbons (Fsp3) is 0.778. The minimum absolute atomic E-state index is 0.0400. The van der Waals surface area contributed by atoms with Gasteiger partial charge in [0.25, 0.3) is 0 Å². The van der Waals surface area contributed by atoms with Crippen LogP contribution in [0.2, 0.25) is 0 Å². The normalized spacial score (nSPS) is 19.9. The summed E-state index contributed by atoms with van der Waals surface area (Å²) in [5.41, 5.74) is 0. The molecule has 1 N–H and O–H groups in total. The Hall–Kier alpha value is -2.10. The van der Waals surface area contributed by atoms with Crippen LogP contribution in [0.5, 0.6) is 0 Å². The van der Waals surface area contributed by atoms with Gasteiger partial charge in [-0.05, 0) is 45.3 Å². The van der Waals surface area contributed by atoms with E-state index in [1.807, 2.05) is 4.90 Å². The summed E-state index contributed by atoms with van der Waals surface area (Å²) in [6, 6.07) is -0.746. The molecule has 0 aliphatic carbocycles. The first-order chi connectivity index (χ1) is 13.5. The molecule has 0 unspecified atom stereocenters. The van der Waals surface area contributed by atoms with Crippen molar-refractivity contribution in [3.8, 4) is 0 Å². The molecule has 0 saturated carbocycles. The average Bonchev–Trinajstić information content (AvgIpc) is 3.07. The molecule has 2 rings (SSSR count). The first kappa shape index (κ1) is 22.2. The SMILES string of the molecule is CCOC(=O)CCCNC(=S)N1CCC(N2C(=O)OC[C@H]2C(=O)OCC)CC1. The van der Waals surface area contributed by atoms with E-state index in [4.69, 9.17) is 26.4 Å². The molecule has 0 aromatic rings. The molecule has 0 aromatic carbocycles. The van der Waals surface area contributed by atoms with E-state index in [0.717, 1.165) is 0 Å². The maximum Gasteiger partial charge on any atom is 0.410 e. The van der Waals surface area contributed by atoms with Crippen molar-refractivity contribution in [2.75, 3.05) is 39.5 Å². The van der Waals surface area contributed by atoms with Gasteiger partial charge < -0.3 is 24.4 Å². The number of ether oxygens (including phenoxy) is 3. The van der Waals surface area contributed by atoms with Crippen molar-refractivity contribution in [1.82, 2.24) is 15.1 Å². The van der Waals surface area contributed by atoms with Gasteiger partial charge in [-0.3, -0.25) is 9.69 Å². The monoisotopic (exact) mass is 415 g/mol. The fourth-order valence-corrected chi connectivity index (χ4v) is 3.66. The summed E-state index contributed by atoms with van der Waals surface area (Å²) in [7, 11) is 0. The third-order valence-electron chi connectivity index (χ3n) is 4.75. The summed E-state index contributed by atoms with van der Waals surface area (Å²) in [5.74, 6) is -0.626. The molecule has 2 aliphatic heterocycles. The molecule has 2 heterocycles. The molecular weight excluding hydrogens is 386 g/mol. The Morgan fingerprint density at radius 2 is 1.89 bits per heavy atom. The second-order valence-electron chi connectivity index (χ2n) is 6.61. The number of cyclic esters (lactones) is 1. The van der Waals surface area contributed by atoms with E-state index in [2.05, 4.69) is 5.32 Å². The highest BCUT2D eigenvalue weighted by Gasteiger charge is 2.44. The Balaban J connectivity index is 1.75. The molecule has 158 valence electrons. The van der Waals surface area contributed by atoms with Gasteiger partial charge in [-0.15, -0.1) is 0 Å². The highest BCUT2D eigenvalue weighted by molar-refractivity contribution is 7.80. The number of nitrogens with one attached hydrogen (secondary N) is 1. The largest absolute Gasteiger partial charge is 0.466 e. The summed E-state index contributed by atoms with van der Waals surface area (Å²) in [6.07, 6.45) is 1.93. The van der Waals surface area contributed by atoms with Gasteiger partial charge in [-0.1, -0.05) is 0 Å². The summed E-state index contributed by atoms with van der Waals surface area (Å²) in [6.45, 7) is 6.17. The number of thiocarbonyl (C=S) groups is 1. The number of esters is 2. The number of nitrogens with zero attached hydrogens (tertiary/aromatic N) is 2. The van der Waals surface area contributed by atoms with E-state index in [1.54, 1.807) is 13.8 Å². The van der Waals surface area contributed by atoms with E-state index in [-0.39, 0.29) is 25.2 Å². The predicted molar refractivity (Wildman–Crippen MR) is 105 cm³/mol. The third kappa shape index (κ3) is 5.95. The van der Waals surface area contributed by atoms with Crippen molar-refractivity contribution in [1.29, 1.82) is 0 Å². The van der Waals surface area contributed by atoms with Gasteiger partial charge in [0.15, 0.2) is 11.2 Å². The topological polar surface area (TPSA) is 97.4 Å². The summed E-state index contributed by atoms with van der Waals surface area (Å²) in [4.78, 5) is 39.1. The van der Waals surface area contributed by atoms with Crippen LogP contribution in [0.15, 0.2) is 0 Å². The lowest BCUT2D eigenvalue weighted by atomic mass is 10.0. The standard InChI is InChI=1S/C18H29N3O6S/c1-3-25-15(22)6-5-9-19-17(28)20-10-7-13(8-11-20)21-14(12-27-18(21)24)16(23)26-4-2/h13-14H,3-12H2,1-2H3,(H,19,28)/t14-/m0/s1. The molecule has 9 nitrogen and oxygen atoms in total. The zero-order chi connectivity index (χ0) is 20.5. The molecular formula is C18H29N3O6S. The number of piperidine rings is 1. The molecule has 28 heavy (non-hydrogen) atoms. The minimum atomic E-state index is -0.669. The zero-order valence-electron chi connectivity index (χ0n) is 16.5. The van der Waals surface area contributed by atoms with Gasteiger partial charge in [0.1, 0.15) is 6.61 Å². The Morgan fingerprint density at radius 1 is 1.21 bits per heavy atom. The Labute approximate surface area is 170 Å². The van der Waals surface area contributed by atoms with Gasteiger partial charge in [-0.25, -0.2) is 9.59 Å². The highest BCUT2D eigenvalue weighted by Crippen LogP contribution is 2.24. The van der Waals surface area contributed by atoms with Crippen molar-refractivity contribution >= 4 is 35.4 Å². The number of likely N-dealkylation sites (tertiary alicyclic amines) is 1. The fourth-order valence-electron chi connectivity index (χ4n) is 3.38. The zero-order valence-corrected chi connectivity index (χ0v) is 17.3. The number of rotatable bonds is 8. The lowest BCUT2D eigenvalue weighted by Gasteiger charge is -2.38. The molecule has 0 spiro atoms. The van der Waals surface area contributed by atoms with E-state index in [0.29, 0.717) is 57.0 Å². The van der Waals surface area contributed by atoms with Crippen molar-refractivity contribution in [3.05, 3.63) is 0 Å². The Bertz CT molecular complexity index is 580. The minimum Gasteiger partial charge on any atom is -0.466 e. The van der Waals surface area contributed by atoms with Gasteiger partial charge in [-0.2, -0.15) is 0 Å². The van der Waals surface area contributed by atoms with Crippen LogP contribution >= 0.6 is 12.2 Å². The van der Waals surface area contributed by atoms with Crippen LogP contribution in [0.25, 0.3) is 0 Å². The van der Waals surface area contributed by atoms with E-state index < -0.39 is 18.1 Å². The summed E-state index contributed by atoms with van der Waals surface area (Å²) in [5, 5.41) is 3.79. The number of carbonyl (C=O) groups is 3. The average molecular weight is 416 g/mol. The second-order valence-corrected chi connectivity index (χ2v) is 7.00. The maximum atomic E-state index is 12.1. The number of hydrogen-bond donors (Lipinski definition) is 1. The number of carbonyl (C=O) groups excluding carboxylic acids is 3.